The van der Waals surface area contributed by atoms with Gasteiger partial charge in [-0.05, 0) is 29.8 Å². The molecule has 0 saturated heterocycles. The fourth-order valence-corrected chi connectivity index (χ4v) is 2.10. The minimum absolute atomic E-state index is 0.259. The van der Waals surface area contributed by atoms with Crippen LogP contribution in [0.4, 0.5) is 0 Å². The first kappa shape index (κ1) is 15.6. The zero-order chi connectivity index (χ0) is 15.2. The minimum Gasteiger partial charge on any atom is -0.467 e. The Balaban J connectivity index is 2.04. The molecule has 0 bridgehead atoms. The molecule has 0 radical (unpaired) electrons. The van der Waals surface area contributed by atoms with Gasteiger partial charge in [0.1, 0.15) is 11.8 Å². The molecule has 0 aliphatic heterocycles. The van der Waals surface area contributed by atoms with Crippen molar-refractivity contribution < 1.29 is 14.3 Å². The zero-order valence-corrected chi connectivity index (χ0v) is 12.4. The van der Waals surface area contributed by atoms with E-state index < -0.39 is 6.04 Å². The van der Waals surface area contributed by atoms with Gasteiger partial charge in [-0.1, -0.05) is 35.3 Å². The number of carbonyl (C=O) groups is 1. The van der Waals surface area contributed by atoms with Gasteiger partial charge in [0.2, 0.25) is 5.91 Å². The van der Waals surface area contributed by atoms with E-state index in [1.165, 1.54) is 12.3 Å². The standard InChI is InChI=1S/C15H13Cl2NO3/c16-11-4-1-3-10(15(11)17)6-7-14(20)18-12(9-19)13-5-2-8-21-13/h1-8,12,19H,9H2,(H,18,20)/b7-6+. The summed E-state index contributed by atoms with van der Waals surface area (Å²) in [5, 5.41) is 12.7. The van der Waals surface area contributed by atoms with Crippen LogP contribution in [0, 0.1) is 0 Å². The molecule has 1 amide bonds. The Kier molecular flexibility index (Phi) is 5.44. The average Bonchev–Trinajstić information content (AvgIpc) is 3.00. The van der Waals surface area contributed by atoms with Crippen LogP contribution in [0.5, 0.6) is 0 Å². The van der Waals surface area contributed by atoms with Crippen molar-refractivity contribution >= 4 is 35.2 Å². The molecule has 4 nitrogen and oxygen atoms in total. The van der Waals surface area contributed by atoms with E-state index in [-0.39, 0.29) is 12.5 Å². The first-order valence-electron chi connectivity index (χ1n) is 6.18. The number of aliphatic hydroxyl groups is 1. The normalized spacial score (nSPS) is 12.5. The summed E-state index contributed by atoms with van der Waals surface area (Å²) < 4.78 is 5.15. The molecular formula is C15H13Cl2NO3. The Hall–Kier alpha value is -1.75. The largest absolute Gasteiger partial charge is 0.467 e. The lowest BCUT2D eigenvalue weighted by atomic mass is 10.2. The van der Waals surface area contributed by atoms with E-state index in [0.717, 1.165) is 0 Å². The summed E-state index contributed by atoms with van der Waals surface area (Å²) in [6.07, 6.45) is 4.36. The van der Waals surface area contributed by atoms with Crippen LogP contribution in [-0.4, -0.2) is 17.6 Å². The fourth-order valence-electron chi connectivity index (χ4n) is 1.73. The van der Waals surface area contributed by atoms with Crippen molar-refractivity contribution in [2.45, 2.75) is 6.04 Å². The summed E-state index contributed by atoms with van der Waals surface area (Å²) in [5.74, 6) is 0.113. The van der Waals surface area contributed by atoms with E-state index in [4.69, 9.17) is 27.6 Å². The highest BCUT2D eigenvalue weighted by atomic mass is 35.5. The molecule has 1 atom stereocenters. The van der Waals surface area contributed by atoms with Gasteiger partial charge in [-0.15, -0.1) is 0 Å². The summed E-state index contributed by atoms with van der Waals surface area (Å²) in [7, 11) is 0. The Labute approximate surface area is 132 Å². The highest BCUT2D eigenvalue weighted by molar-refractivity contribution is 6.42. The van der Waals surface area contributed by atoms with Gasteiger partial charge in [-0.2, -0.15) is 0 Å². The van der Waals surface area contributed by atoms with Crippen LogP contribution in [0.2, 0.25) is 10.0 Å². The highest BCUT2D eigenvalue weighted by Gasteiger charge is 2.14. The summed E-state index contributed by atoms with van der Waals surface area (Å²) >= 11 is 11.9. The fraction of sp³-hybridized carbons (Fsp3) is 0.133. The molecule has 2 rings (SSSR count). The number of nitrogens with one attached hydrogen (secondary N) is 1. The predicted molar refractivity (Wildman–Crippen MR) is 82.2 cm³/mol. The van der Waals surface area contributed by atoms with Gasteiger partial charge in [0.05, 0.1) is 22.9 Å². The summed E-state index contributed by atoms with van der Waals surface area (Å²) in [5.41, 5.74) is 0.637. The van der Waals surface area contributed by atoms with Crippen molar-refractivity contribution in [3.05, 3.63) is 64.0 Å². The number of aliphatic hydroxyl groups excluding tert-OH is 1. The van der Waals surface area contributed by atoms with E-state index in [1.807, 2.05) is 0 Å². The Morgan fingerprint density at radius 2 is 2.14 bits per heavy atom. The van der Waals surface area contributed by atoms with Crippen LogP contribution >= 0.6 is 23.2 Å². The molecule has 1 aromatic carbocycles. The van der Waals surface area contributed by atoms with Crippen LogP contribution in [0.3, 0.4) is 0 Å². The molecule has 0 aliphatic carbocycles. The second-order valence-electron chi connectivity index (χ2n) is 4.24. The van der Waals surface area contributed by atoms with E-state index in [0.29, 0.717) is 21.4 Å². The van der Waals surface area contributed by atoms with Gasteiger partial charge in [0.25, 0.3) is 0 Å². The summed E-state index contributed by atoms with van der Waals surface area (Å²) in [6.45, 7) is -0.259. The molecular weight excluding hydrogens is 313 g/mol. The number of halogens is 2. The molecule has 1 aromatic heterocycles. The summed E-state index contributed by atoms with van der Waals surface area (Å²) in [4.78, 5) is 11.9. The van der Waals surface area contributed by atoms with Crippen LogP contribution in [0.15, 0.2) is 47.1 Å². The van der Waals surface area contributed by atoms with Gasteiger partial charge in [0, 0.05) is 6.08 Å². The SMILES string of the molecule is O=C(/C=C/c1cccc(Cl)c1Cl)NC(CO)c1ccco1. The molecule has 0 aliphatic rings. The number of rotatable bonds is 5. The molecule has 6 heteroatoms. The highest BCUT2D eigenvalue weighted by Crippen LogP contribution is 2.26. The van der Waals surface area contributed by atoms with Gasteiger partial charge in [-0.3, -0.25) is 4.79 Å². The monoisotopic (exact) mass is 325 g/mol. The molecule has 0 spiro atoms. The van der Waals surface area contributed by atoms with Crippen molar-refractivity contribution in [2.75, 3.05) is 6.61 Å². The Bertz CT molecular complexity index is 638. The Morgan fingerprint density at radius 1 is 1.33 bits per heavy atom. The maximum absolute atomic E-state index is 11.9. The van der Waals surface area contributed by atoms with Crippen molar-refractivity contribution in [3.63, 3.8) is 0 Å². The van der Waals surface area contributed by atoms with Crippen molar-refractivity contribution in [3.8, 4) is 0 Å². The quantitative estimate of drug-likeness (QED) is 0.827. The molecule has 1 heterocycles. The average molecular weight is 326 g/mol. The molecule has 1 unspecified atom stereocenters. The van der Waals surface area contributed by atoms with E-state index in [2.05, 4.69) is 5.32 Å². The third-order valence-electron chi connectivity index (χ3n) is 2.78. The molecule has 0 saturated carbocycles. The third-order valence-corrected chi connectivity index (χ3v) is 3.61. The lowest BCUT2D eigenvalue weighted by Crippen LogP contribution is -2.28. The van der Waals surface area contributed by atoms with Crippen LogP contribution in [0.1, 0.15) is 17.4 Å². The number of amides is 1. The van der Waals surface area contributed by atoms with Gasteiger partial charge in [-0.25, -0.2) is 0 Å². The first-order valence-corrected chi connectivity index (χ1v) is 6.94. The molecule has 2 aromatic rings. The number of benzene rings is 1. The smallest absolute Gasteiger partial charge is 0.244 e. The third kappa shape index (κ3) is 4.11. The Morgan fingerprint density at radius 3 is 2.81 bits per heavy atom. The molecule has 110 valence electrons. The molecule has 21 heavy (non-hydrogen) atoms. The molecule has 2 N–H and O–H groups in total. The summed E-state index contributed by atoms with van der Waals surface area (Å²) in [6, 6.07) is 7.93. The van der Waals surface area contributed by atoms with Gasteiger partial charge in [0.15, 0.2) is 0 Å². The topological polar surface area (TPSA) is 62.5 Å². The van der Waals surface area contributed by atoms with E-state index in [9.17, 15) is 9.90 Å². The maximum Gasteiger partial charge on any atom is 0.244 e. The van der Waals surface area contributed by atoms with Crippen LogP contribution in [-0.2, 0) is 4.79 Å². The first-order chi connectivity index (χ1) is 10.1. The predicted octanol–water partition coefficient (Wildman–Crippen LogP) is 3.45. The van der Waals surface area contributed by atoms with E-state index >= 15 is 0 Å². The van der Waals surface area contributed by atoms with E-state index in [1.54, 1.807) is 36.4 Å². The molecule has 0 fully saturated rings. The second kappa shape index (κ2) is 7.31. The zero-order valence-electron chi connectivity index (χ0n) is 10.9. The minimum atomic E-state index is -0.591. The number of carbonyl (C=O) groups excluding carboxylic acids is 1. The maximum atomic E-state index is 11.9. The van der Waals surface area contributed by atoms with Crippen LogP contribution in [0.25, 0.3) is 6.08 Å². The second-order valence-corrected chi connectivity index (χ2v) is 5.02. The van der Waals surface area contributed by atoms with Crippen molar-refractivity contribution in [2.24, 2.45) is 0 Å². The number of hydrogen-bond acceptors (Lipinski definition) is 3. The lowest BCUT2D eigenvalue weighted by molar-refractivity contribution is -0.117. The van der Waals surface area contributed by atoms with Gasteiger partial charge < -0.3 is 14.8 Å². The number of furan rings is 1. The van der Waals surface area contributed by atoms with Crippen molar-refractivity contribution in [1.29, 1.82) is 0 Å². The van der Waals surface area contributed by atoms with Crippen molar-refractivity contribution in [1.82, 2.24) is 5.32 Å². The lowest BCUT2D eigenvalue weighted by Gasteiger charge is -2.12. The number of hydrogen-bond donors (Lipinski definition) is 2. The van der Waals surface area contributed by atoms with Crippen LogP contribution < -0.4 is 5.32 Å². The van der Waals surface area contributed by atoms with Gasteiger partial charge >= 0.3 is 0 Å².